The summed E-state index contributed by atoms with van der Waals surface area (Å²) in [5, 5.41) is 14.4. The van der Waals surface area contributed by atoms with E-state index in [0.29, 0.717) is 5.56 Å². The summed E-state index contributed by atoms with van der Waals surface area (Å²) in [6.45, 7) is 0. The van der Waals surface area contributed by atoms with E-state index in [1.807, 2.05) is 23.6 Å². The van der Waals surface area contributed by atoms with Crippen molar-refractivity contribution in [1.29, 1.82) is 5.26 Å². The van der Waals surface area contributed by atoms with E-state index in [-0.39, 0.29) is 0 Å². The third-order valence-corrected chi connectivity index (χ3v) is 6.89. The Kier molecular flexibility index (Phi) is 4.06. The first-order valence-corrected chi connectivity index (χ1v) is 10.9. The summed E-state index contributed by atoms with van der Waals surface area (Å²) in [5.74, 6) is 0. The molecule has 0 aliphatic heterocycles. The number of aromatic nitrogens is 1. The Hall–Kier alpha value is -4.00. The zero-order valence-electron chi connectivity index (χ0n) is 16.5. The SMILES string of the molecule is N#Cc1cncc(-c2cccc(-c3ccc4sc5ccc6ccccc6c5c4c3)c2)c1. The second-order valence-electron chi connectivity index (χ2n) is 7.63. The maximum Gasteiger partial charge on any atom is 0.101 e. The van der Waals surface area contributed by atoms with Crippen molar-refractivity contribution >= 4 is 42.3 Å². The first-order chi connectivity index (χ1) is 15.3. The summed E-state index contributed by atoms with van der Waals surface area (Å²) in [7, 11) is 0. The highest BCUT2D eigenvalue weighted by Crippen LogP contribution is 2.40. The molecule has 2 nitrogen and oxygen atoms in total. The van der Waals surface area contributed by atoms with Crippen LogP contribution in [0.25, 0.3) is 53.2 Å². The number of fused-ring (bicyclic) bond motifs is 5. The summed E-state index contributed by atoms with van der Waals surface area (Å²) < 4.78 is 2.62. The second-order valence-corrected chi connectivity index (χ2v) is 8.71. The van der Waals surface area contributed by atoms with Gasteiger partial charge in [-0.15, -0.1) is 11.3 Å². The molecular formula is C28H16N2S. The minimum atomic E-state index is 0.570. The number of thiophene rings is 1. The van der Waals surface area contributed by atoms with Gasteiger partial charge in [-0.1, -0.05) is 54.6 Å². The number of benzene rings is 4. The molecule has 0 fully saturated rings. The first-order valence-electron chi connectivity index (χ1n) is 10.1. The molecule has 0 amide bonds. The van der Waals surface area contributed by atoms with Crippen LogP contribution in [0, 0.1) is 11.3 Å². The van der Waals surface area contributed by atoms with Crippen molar-refractivity contribution in [2.24, 2.45) is 0 Å². The van der Waals surface area contributed by atoms with Gasteiger partial charge in [0.25, 0.3) is 0 Å². The molecule has 6 rings (SSSR count). The highest BCUT2D eigenvalue weighted by Gasteiger charge is 2.11. The third kappa shape index (κ3) is 2.97. The lowest BCUT2D eigenvalue weighted by molar-refractivity contribution is 1.30. The Morgan fingerprint density at radius 3 is 2.35 bits per heavy atom. The fraction of sp³-hybridized carbons (Fsp3) is 0. The van der Waals surface area contributed by atoms with Crippen molar-refractivity contribution < 1.29 is 0 Å². The standard InChI is InChI=1S/C28H16N2S/c29-15-18-12-23(17-30-16-18)21-6-3-5-20(13-21)22-9-10-26-25(14-22)28-24-7-2-1-4-19(24)8-11-27(28)31-26/h1-14,16-17H. The highest BCUT2D eigenvalue weighted by atomic mass is 32.1. The van der Waals surface area contributed by atoms with Gasteiger partial charge in [0.1, 0.15) is 6.07 Å². The van der Waals surface area contributed by atoms with Crippen molar-refractivity contribution in [1.82, 2.24) is 4.98 Å². The van der Waals surface area contributed by atoms with E-state index < -0.39 is 0 Å². The summed E-state index contributed by atoms with van der Waals surface area (Å²) in [6.07, 6.45) is 3.40. The lowest BCUT2D eigenvalue weighted by Crippen LogP contribution is -1.85. The molecule has 0 spiro atoms. The summed E-state index contributed by atoms with van der Waals surface area (Å²) in [6, 6.07) is 32.3. The number of nitriles is 1. The molecule has 0 saturated carbocycles. The van der Waals surface area contributed by atoms with Gasteiger partial charge >= 0.3 is 0 Å². The van der Waals surface area contributed by atoms with Gasteiger partial charge in [-0.2, -0.15) is 5.26 Å². The van der Waals surface area contributed by atoms with E-state index in [9.17, 15) is 5.26 Å². The fourth-order valence-corrected chi connectivity index (χ4v) is 5.37. The predicted molar refractivity (Wildman–Crippen MR) is 130 cm³/mol. The van der Waals surface area contributed by atoms with Crippen LogP contribution in [0.2, 0.25) is 0 Å². The Balaban J connectivity index is 1.54. The number of hydrogen-bond donors (Lipinski definition) is 0. The minimum Gasteiger partial charge on any atom is -0.263 e. The smallest absolute Gasteiger partial charge is 0.101 e. The Bertz CT molecular complexity index is 1650. The van der Waals surface area contributed by atoms with Crippen LogP contribution < -0.4 is 0 Å². The van der Waals surface area contributed by atoms with Crippen molar-refractivity contribution in [2.45, 2.75) is 0 Å². The normalized spacial score (nSPS) is 11.2. The molecule has 6 aromatic rings. The summed E-state index contributed by atoms with van der Waals surface area (Å²) in [5.41, 5.74) is 4.92. The Labute approximate surface area is 183 Å². The molecule has 0 aliphatic carbocycles. The molecule has 2 heterocycles. The lowest BCUT2D eigenvalue weighted by Gasteiger charge is -2.07. The number of hydrogen-bond acceptors (Lipinski definition) is 3. The van der Waals surface area contributed by atoms with Gasteiger partial charge < -0.3 is 0 Å². The maximum atomic E-state index is 9.19. The molecule has 31 heavy (non-hydrogen) atoms. The van der Waals surface area contributed by atoms with Crippen LogP contribution in [0.1, 0.15) is 5.56 Å². The molecule has 0 bridgehead atoms. The highest BCUT2D eigenvalue weighted by molar-refractivity contribution is 7.26. The Morgan fingerprint density at radius 2 is 1.45 bits per heavy atom. The zero-order chi connectivity index (χ0) is 20.8. The number of nitrogens with zero attached hydrogens (tertiary/aromatic N) is 2. The molecule has 4 aromatic carbocycles. The summed E-state index contributed by atoms with van der Waals surface area (Å²) in [4.78, 5) is 4.21. The second kappa shape index (κ2) is 7.05. The molecule has 0 N–H and O–H groups in total. The average molecular weight is 413 g/mol. The van der Waals surface area contributed by atoms with E-state index in [4.69, 9.17) is 0 Å². The molecule has 0 radical (unpaired) electrons. The van der Waals surface area contributed by atoms with Crippen LogP contribution >= 0.6 is 11.3 Å². The van der Waals surface area contributed by atoms with Gasteiger partial charge in [0.05, 0.1) is 5.56 Å². The van der Waals surface area contributed by atoms with Crippen LogP contribution in [0.4, 0.5) is 0 Å². The van der Waals surface area contributed by atoms with Crippen LogP contribution in [-0.4, -0.2) is 4.98 Å². The van der Waals surface area contributed by atoms with E-state index >= 15 is 0 Å². The molecule has 0 unspecified atom stereocenters. The number of rotatable bonds is 2. The molecule has 144 valence electrons. The fourth-order valence-electron chi connectivity index (χ4n) is 4.26. The van der Waals surface area contributed by atoms with Gasteiger partial charge in [-0.25, -0.2) is 0 Å². The maximum absolute atomic E-state index is 9.19. The van der Waals surface area contributed by atoms with Crippen molar-refractivity contribution in [3.8, 4) is 28.3 Å². The summed E-state index contributed by atoms with van der Waals surface area (Å²) >= 11 is 1.85. The monoisotopic (exact) mass is 412 g/mol. The number of pyridine rings is 1. The van der Waals surface area contributed by atoms with E-state index in [0.717, 1.165) is 16.7 Å². The average Bonchev–Trinajstić information content (AvgIpc) is 3.22. The Morgan fingerprint density at radius 1 is 0.645 bits per heavy atom. The van der Waals surface area contributed by atoms with Crippen LogP contribution in [0.15, 0.2) is 97.3 Å². The van der Waals surface area contributed by atoms with Crippen LogP contribution in [0.5, 0.6) is 0 Å². The third-order valence-electron chi connectivity index (χ3n) is 5.76. The molecule has 0 aliphatic rings. The van der Waals surface area contributed by atoms with Crippen molar-refractivity contribution in [3.05, 3.63) is 103 Å². The molecule has 2 aromatic heterocycles. The van der Waals surface area contributed by atoms with Crippen LogP contribution in [0.3, 0.4) is 0 Å². The van der Waals surface area contributed by atoms with E-state index in [2.05, 4.69) is 89.9 Å². The van der Waals surface area contributed by atoms with Gasteiger partial charge in [-0.3, -0.25) is 4.98 Å². The zero-order valence-corrected chi connectivity index (χ0v) is 17.4. The van der Waals surface area contributed by atoms with Gasteiger partial charge in [-0.05, 0) is 57.8 Å². The largest absolute Gasteiger partial charge is 0.263 e. The van der Waals surface area contributed by atoms with E-state index in [1.165, 1.54) is 36.5 Å². The molecule has 0 atom stereocenters. The van der Waals surface area contributed by atoms with E-state index in [1.54, 1.807) is 6.20 Å². The van der Waals surface area contributed by atoms with Crippen LogP contribution in [-0.2, 0) is 0 Å². The van der Waals surface area contributed by atoms with Gasteiger partial charge in [0, 0.05) is 38.1 Å². The molecular weight excluding hydrogens is 396 g/mol. The first kappa shape index (κ1) is 17.8. The topological polar surface area (TPSA) is 36.7 Å². The van der Waals surface area contributed by atoms with Gasteiger partial charge in [0.2, 0.25) is 0 Å². The van der Waals surface area contributed by atoms with Gasteiger partial charge in [0.15, 0.2) is 0 Å². The van der Waals surface area contributed by atoms with Crippen molar-refractivity contribution in [2.75, 3.05) is 0 Å². The van der Waals surface area contributed by atoms with Crippen molar-refractivity contribution in [3.63, 3.8) is 0 Å². The molecule has 3 heteroatoms. The quantitative estimate of drug-likeness (QED) is 0.291. The lowest BCUT2D eigenvalue weighted by atomic mass is 9.97. The molecule has 0 saturated heterocycles. The predicted octanol–water partition coefficient (Wildman–Crippen LogP) is 7.81. The minimum absolute atomic E-state index is 0.570.